The van der Waals surface area contributed by atoms with Gasteiger partial charge in [0.15, 0.2) is 0 Å². The lowest BCUT2D eigenvalue weighted by Gasteiger charge is -2.41. The Bertz CT molecular complexity index is 632. The molecule has 3 saturated heterocycles. The Labute approximate surface area is 163 Å². The predicted molar refractivity (Wildman–Crippen MR) is 110 cm³/mol. The molecule has 6 nitrogen and oxygen atoms in total. The van der Waals surface area contributed by atoms with Crippen LogP contribution < -0.4 is 9.80 Å². The molecule has 6 heteroatoms. The number of ether oxygens (including phenoxy) is 1. The van der Waals surface area contributed by atoms with Crippen LogP contribution >= 0.6 is 0 Å². The van der Waals surface area contributed by atoms with Crippen molar-refractivity contribution in [2.45, 2.75) is 52.5 Å². The second kappa shape index (κ2) is 8.31. The molecule has 4 heterocycles. The van der Waals surface area contributed by atoms with Crippen LogP contribution in [0.2, 0.25) is 0 Å². The Morgan fingerprint density at radius 2 is 1.56 bits per heavy atom. The van der Waals surface area contributed by atoms with Crippen molar-refractivity contribution in [3.8, 4) is 0 Å². The van der Waals surface area contributed by atoms with Crippen molar-refractivity contribution in [2.75, 3.05) is 62.3 Å². The minimum atomic E-state index is 0.657. The van der Waals surface area contributed by atoms with E-state index >= 15 is 0 Å². The summed E-state index contributed by atoms with van der Waals surface area (Å²) in [5, 5.41) is 0. The number of anilines is 2. The summed E-state index contributed by atoms with van der Waals surface area (Å²) in [7, 11) is 0. The highest BCUT2D eigenvalue weighted by Gasteiger charge is 2.30. The van der Waals surface area contributed by atoms with Crippen molar-refractivity contribution >= 4 is 11.8 Å². The molecule has 1 aromatic heterocycles. The highest BCUT2D eigenvalue weighted by atomic mass is 16.5. The van der Waals surface area contributed by atoms with Crippen LogP contribution in [-0.4, -0.2) is 73.4 Å². The number of rotatable bonds is 4. The Morgan fingerprint density at radius 3 is 2.22 bits per heavy atom. The molecule has 1 aromatic rings. The third-order valence-electron chi connectivity index (χ3n) is 6.88. The van der Waals surface area contributed by atoms with Crippen molar-refractivity contribution in [2.24, 2.45) is 5.92 Å². The van der Waals surface area contributed by atoms with Gasteiger partial charge in [0, 0.05) is 56.6 Å². The molecule has 3 aliphatic rings. The third-order valence-corrected chi connectivity index (χ3v) is 6.88. The molecule has 0 aromatic carbocycles. The zero-order chi connectivity index (χ0) is 18.8. The highest BCUT2D eigenvalue weighted by molar-refractivity contribution is 5.53. The Hall–Kier alpha value is -1.40. The normalized spacial score (nSPS) is 23.8. The first-order chi connectivity index (χ1) is 13.1. The van der Waals surface area contributed by atoms with Gasteiger partial charge in [-0.05, 0) is 52.4 Å². The van der Waals surface area contributed by atoms with E-state index in [0.29, 0.717) is 6.04 Å². The van der Waals surface area contributed by atoms with Gasteiger partial charge in [-0.2, -0.15) is 4.98 Å². The van der Waals surface area contributed by atoms with Crippen LogP contribution in [0, 0.1) is 19.8 Å². The van der Waals surface area contributed by atoms with Crippen LogP contribution in [0.4, 0.5) is 11.8 Å². The van der Waals surface area contributed by atoms with Gasteiger partial charge in [-0.1, -0.05) is 0 Å². The van der Waals surface area contributed by atoms with Gasteiger partial charge in [0.05, 0.1) is 13.2 Å². The van der Waals surface area contributed by atoms with E-state index in [2.05, 4.69) is 35.5 Å². The van der Waals surface area contributed by atoms with Crippen LogP contribution in [0.3, 0.4) is 0 Å². The lowest BCUT2D eigenvalue weighted by atomic mass is 9.89. The summed E-state index contributed by atoms with van der Waals surface area (Å²) in [6.45, 7) is 15.1. The standard InChI is InChI=1S/C21H35N5O/c1-16-17(2)22-21(26-8-4-5-9-26)23-20(16)25-10-6-19(7-11-25)18(3)24-12-14-27-15-13-24/h18-19H,4-15H2,1-3H3. The van der Waals surface area contributed by atoms with Crippen LogP contribution in [0.5, 0.6) is 0 Å². The molecule has 0 amide bonds. The van der Waals surface area contributed by atoms with Gasteiger partial charge in [-0.25, -0.2) is 4.98 Å². The maximum Gasteiger partial charge on any atom is 0.227 e. The van der Waals surface area contributed by atoms with Gasteiger partial charge in [0.1, 0.15) is 5.82 Å². The summed E-state index contributed by atoms with van der Waals surface area (Å²) in [5.41, 5.74) is 2.38. The molecule has 4 rings (SSSR count). The maximum absolute atomic E-state index is 5.52. The van der Waals surface area contributed by atoms with Gasteiger partial charge in [0.2, 0.25) is 5.95 Å². The summed E-state index contributed by atoms with van der Waals surface area (Å²) in [5.74, 6) is 2.89. The summed E-state index contributed by atoms with van der Waals surface area (Å²) in [6.07, 6.45) is 5.02. The average Bonchev–Trinajstić information content (AvgIpc) is 3.25. The molecule has 1 unspecified atom stereocenters. The van der Waals surface area contributed by atoms with E-state index in [1.165, 1.54) is 37.1 Å². The molecule has 0 bridgehead atoms. The van der Waals surface area contributed by atoms with Crippen LogP contribution in [-0.2, 0) is 4.74 Å². The second-order valence-corrected chi connectivity index (χ2v) is 8.47. The van der Waals surface area contributed by atoms with E-state index < -0.39 is 0 Å². The largest absolute Gasteiger partial charge is 0.379 e. The number of aromatic nitrogens is 2. The van der Waals surface area contributed by atoms with Crippen LogP contribution in [0.25, 0.3) is 0 Å². The van der Waals surface area contributed by atoms with E-state index in [0.717, 1.165) is 70.0 Å². The molecule has 0 radical (unpaired) electrons. The zero-order valence-corrected chi connectivity index (χ0v) is 17.3. The SMILES string of the molecule is Cc1nc(N2CCCC2)nc(N2CCC(C(C)N3CCOCC3)CC2)c1C. The average molecular weight is 374 g/mol. The van der Waals surface area contributed by atoms with E-state index in [9.17, 15) is 0 Å². The zero-order valence-electron chi connectivity index (χ0n) is 17.3. The minimum Gasteiger partial charge on any atom is -0.379 e. The summed E-state index contributed by atoms with van der Waals surface area (Å²) >= 11 is 0. The number of nitrogens with zero attached hydrogens (tertiary/aromatic N) is 5. The minimum absolute atomic E-state index is 0.657. The van der Waals surface area contributed by atoms with E-state index in [1.54, 1.807) is 0 Å². The maximum atomic E-state index is 5.52. The van der Waals surface area contributed by atoms with Gasteiger partial charge in [-0.3, -0.25) is 4.90 Å². The number of morpholine rings is 1. The first-order valence-corrected chi connectivity index (χ1v) is 10.8. The monoisotopic (exact) mass is 373 g/mol. The fourth-order valence-corrected chi connectivity index (χ4v) is 4.84. The van der Waals surface area contributed by atoms with E-state index in [-0.39, 0.29) is 0 Å². The predicted octanol–water partition coefficient (Wildman–Crippen LogP) is 2.63. The van der Waals surface area contributed by atoms with Crippen LogP contribution in [0.1, 0.15) is 43.9 Å². The van der Waals surface area contributed by atoms with Crippen molar-refractivity contribution < 1.29 is 4.74 Å². The molecule has 0 saturated carbocycles. The quantitative estimate of drug-likeness (QED) is 0.808. The topological polar surface area (TPSA) is 44.7 Å². The molecule has 27 heavy (non-hydrogen) atoms. The number of piperidine rings is 1. The lowest BCUT2D eigenvalue weighted by Crippen LogP contribution is -2.48. The number of hydrogen-bond donors (Lipinski definition) is 0. The molecule has 0 spiro atoms. The smallest absolute Gasteiger partial charge is 0.227 e. The first-order valence-electron chi connectivity index (χ1n) is 10.8. The molecular formula is C21H35N5O. The molecule has 150 valence electrons. The summed E-state index contributed by atoms with van der Waals surface area (Å²) in [6, 6.07) is 0.657. The Balaban J connectivity index is 1.43. The van der Waals surface area contributed by atoms with E-state index in [4.69, 9.17) is 14.7 Å². The number of aryl methyl sites for hydroxylation is 1. The number of hydrogen-bond acceptors (Lipinski definition) is 6. The lowest BCUT2D eigenvalue weighted by molar-refractivity contribution is 0.00447. The van der Waals surface area contributed by atoms with Gasteiger partial charge in [0.25, 0.3) is 0 Å². The summed E-state index contributed by atoms with van der Waals surface area (Å²) < 4.78 is 5.52. The fourth-order valence-electron chi connectivity index (χ4n) is 4.84. The highest BCUT2D eigenvalue weighted by Crippen LogP contribution is 2.30. The van der Waals surface area contributed by atoms with Crippen molar-refractivity contribution in [1.82, 2.24) is 14.9 Å². The van der Waals surface area contributed by atoms with Gasteiger partial charge >= 0.3 is 0 Å². The van der Waals surface area contributed by atoms with Gasteiger partial charge in [-0.15, -0.1) is 0 Å². The molecule has 3 aliphatic heterocycles. The van der Waals surface area contributed by atoms with Crippen molar-refractivity contribution in [3.63, 3.8) is 0 Å². The summed E-state index contributed by atoms with van der Waals surface area (Å²) in [4.78, 5) is 17.3. The molecule has 0 aliphatic carbocycles. The van der Waals surface area contributed by atoms with Crippen LogP contribution in [0.15, 0.2) is 0 Å². The fraction of sp³-hybridized carbons (Fsp3) is 0.810. The Kier molecular flexibility index (Phi) is 5.83. The molecule has 1 atom stereocenters. The second-order valence-electron chi connectivity index (χ2n) is 8.47. The third kappa shape index (κ3) is 4.06. The molecule has 0 N–H and O–H groups in total. The Morgan fingerprint density at radius 1 is 0.889 bits per heavy atom. The van der Waals surface area contributed by atoms with Crippen molar-refractivity contribution in [3.05, 3.63) is 11.3 Å². The van der Waals surface area contributed by atoms with E-state index in [1.807, 2.05) is 0 Å². The molecular weight excluding hydrogens is 338 g/mol. The van der Waals surface area contributed by atoms with Crippen molar-refractivity contribution in [1.29, 1.82) is 0 Å². The van der Waals surface area contributed by atoms with Gasteiger partial charge < -0.3 is 14.5 Å². The first kappa shape index (κ1) is 18.9. The molecule has 3 fully saturated rings.